The number of hydrogen-bond donors (Lipinski definition) is 7. The molecule has 1 atom stereocenters. The van der Waals surface area contributed by atoms with E-state index in [-0.39, 0.29) is 13.2 Å². The van der Waals surface area contributed by atoms with Crippen molar-refractivity contribution in [3.8, 4) is 0 Å². The molecule has 33 nitrogen and oxygen atoms in total. The second-order valence-electron chi connectivity index (χ2n) is 34.3. The first-order valence-corrected chi connectivity index (χ1v) is 47.3. The molecule has 15 rings (SSSR count). The van der Waals surface area contributed by atoms with Crippen LogP contribution in [0.5, 0.6) is 0 Å². The monoisotopic (exact) mass is 1960 g/mol. The third-order valence-electron chi connectivity index (χ3n) is 19.8. The lowest BCUT2D eigenvalue weighted by Crippen LogP contribution is -2.39. The Balaban J connectivity index is 0.00000151. The van der Waals surface area contributed by atoms with Gasteiger partial charge in [-0.2, -0.15) is 9.46 Å². The predicted octanol–water partition coefficient (Wildman–Crippen LogP) is 17.7. The van der Waals surface area contributed by atoms with Crippen LogP contribution in [0, 0.1) is 131 Å². The van der Waals surface area contributed by atoms with Crippen molar-refractivity contribution >= 4 is 35.2 Å². The van der Waals surface area contributed by atoms with Gasteiger partial charge in [0, 0.05) is 180 Å². The van der Waals surface area contributed by atoms with E-state index in [1.54, 1.807) is 88.3 Å². The SMILES string of the molecule is C.CCCNc1nccc(C)n1.CCc1c[n+]([O-])ccc1C.CCc1cc(F)ccc1C.COC1CCN(C(C)=N)C1.COC1CCN(C(C)=N)CC1.Cc1cc[n+]([O-])c(CN(C)C)c1.Cc1ccnc(C)c1.Cc1ccnc(C)n1.Cc1ccnc(CN(C)C)c1.Cc1ccnc(CN(C)C)n1.Cc1ccnc(CN)c1.Cc1ccnc(N)c1.Cc1ccnc(N)c1.Cc1ccnc(N)n1.Cc1ccncn1. The molecule has 14 heterocycles. The van der Waals surface area contributed by atoms with Crippen molar-refractivity contribution in [2.24, 2.45) is 5.73 Å². The van der Waals surface area contributed by atoms with E-state index >= 15 is 0 Å². The molecule has 143 heavy (non-hydrogen) atoms. The van der Waals surface area contributed by atoms with Gasteiger partial charge in [-0.25, -0.2) is 64.2 Å². The summed E-state index contributed by atoms with van der Waals surface area (Å²) in [5.41, 5.74) is 42.0. The van der Waals surface area contributed by atoms with E-state index < -0.39 is 0 Å². The van der Waals surface area contributed by atoms with Gasteiger partial charge in [0.2, 0.25) is 17.6 Å². The number of benzene rings is 1. The van der Waals surface area contributed by atoms with Crippen LogP contribution in [-0.4, -0.2) is 212 Å². The van der Waals surface area contributed by atoms with Gasteiger partial charge in [-0.15, -0.1) is 0 Å². The molecule has 1 aromatic carbocycles. The summed E-state index contributed by atoms with van der Waals surface area (Å²) >= 11 is 0. The van der Waals surface area contributed by atoms with Crippen molar-refractivity contribution in [1.82, 2.24) is 99.3 Å². The van der Waals surface area contributed by atoms with Gasteiger partial charge < -0.3 is 67.7 Å². The number of nitrogens with one attached hydrogen (secondary N) is 3. The smallest absolute Gasteiger partial charge is 0.222 e. The Bertz CT molecular complexity index is 5160. The highest BCUT2D eigenvalue weighted by Crippen LogP contribution is 2.15. The number of piperidine rings is 1. The van der Waals surface area contributed by atoms with Crippen LogP contribution in [-0.2, 0) is 48.5 Å². The van der Waals surface area contributed by atoms with Crippen LogP contribution < -0.4 is 37.7 Å². The third kappa shape index (κ3) is 65.7. The first-order valence-electron chi connectivity index (χ1n) is 47.3. The Morgan fingerprint density at radius 3 is 1.29 bits per heavy atom. The Hall–Kier alpha value is -13.9. The third-order valence-corrected chi connectivity index (χ3v) is 19.8. The van der Waals surface area contributed by atoms with E-state index in [9.17, 15) is 14.8 Å². The summed E-state index contributed by atoms with van der Waals surface area (Å²) in [5.74, 6) is 5.16. The summed E-state index contributed by atoms with van der Waals surface area (Å²) in [4.78, 5) is 70.0. The number of hydrogen-bond acceptors (Lipinski definition) is 29. The number of amidine groups is 2. The second kappa shape index (κ2) is 75.9. The van der Waals surface area contributed by atoms with Crippen LogP contribution in [0.25, 0.3) is 0 Å². The van der Waals surface area contributed by atoms with Crippen molar-refractivity contribution < 1.29 is 23.3 Å². The molecular weight excluding hydrogens is 1800 g/mol. The Kier molecular flexibility index (Phi) is 68.5. The highest BCUT2D eigenvalue weighted by molar-refractivity contribution is 5.76. The normalized spacial score (nSPS) is 11.6. The minimum Gasteiger partial charge on any atom is -0.619 e. The van der Waals surface area contributed by atoms with E-state index in [0.29, 0.717) is 54.6 Å². The molecule has 0 radical (unpaired) electrons. The zero-order valence-electron chi connectivity index (χ0n) is 89.6. The fraction of sp³-hybridized carbons (Fsp3) is 0.422. The molecule has 2 aliphatic heterocycles. The van der Waals surface area contributed by atoms with Crippen molar-refractivity contribution in [2.45, 2.75) is 223 Å². The fourth-order valence-electron chi connectivity index (χ4n) is 12.3. The average molecular weight is 1970 g/mol. The molecule has 0 spiro atoms. The Morgan fingerprint density at radius 2 is 0.916 bits per heavy atom. The lowest BCUT2D eigenvalue weighted by Gasteiger charge is -2.31. The number of nitrogens with two attached hydrogens (primary N) is 4. The van der Waals surface area contributed by atoms with Crippen molar-refractivity contribution in [3.63, 3.8) is 0 Å². The van der Waals surface area contributed by atoms with Gasteiger partial charge in [-0.1, -0.05) is 34.3 Å². The maximum Gasteiger partial charge on any atom is 0.222 e. The van der Waals surface area contributed by atoms with E-state index in [4.69, 9.17) is 43.2 Å². The summed E-state index contributed by atoms with van der Waals surface area (Å²) in [6.45, 7) is 47.3. The van der Waals surface area contributed by atoms with Gasteiger partial charge >= 0.3 is 0 Å². The highest BCUT2D eigenvalue weighted by Gasteiger charge is 2.22. The molecule has 778 valence electrons. The molecule has 1 unspecified atom stereocenters. The molecule has 2 saturated heterocycles. The number of rotatable bonds is 14. The van der Waals surface area contributed by atoms with Gasteiger partial charge in [0.25, 0.3) is 0 Å². The molecule has 2 aliphatic rings. The summed E-state index contributed by atoms with van der Waals surface area (Å²) < 4.78 is 24.7. The van der Waals surface area contributed by atoms with Crippen molar-refractivity contribution in [1.29, 1.82) is 10.8 Å². The molecule has 0 aliphatic carbocycles. The molecule has 0 amide bonds. The topological polar surface area (TPSA) is 446 Å². The first kappa shape index (κ1) is 129. The number of ether oxygens (including phenoxy) is 2. The number of nitrogen functional groups attached to an aromatic ring is 3. The summed E-state index contributed by atoms with van der Waals surface area (Å²) in [6.07, 6.45) is 30.6. The van der Waals surface area contributed by atoms with Crippen LogP contribution in [0.1, 0.15) is 186 Å². The van der Waals surface area contributed by atoms with Gasteiger partial charge in [-0.05, 0) is 352 Å². The average Bonchev–Trinajstić information content (AvgIpc) is 1.60. The molecule has 0 saturated carbocycles. The molecule has 34 heteroatoms. The number of likely N-dealkylation sites (tertiary alicyclic amines) is 2. The van der Waals surface area contributed by atoms with Crippen LogP contribution in [0.4, 0.5) is 27.9 Å². The van der Waals surface area contributed by atoms with Crippen LogP contribution in [0.2, 0.25) is 0 Å². The van der Waals surface area contributed by atoms with E-state index in [1.165, 1.54) is 46.4 Å². The minimum absolute atomic E-state index is 0. The lowest BCUT2D eigenvalue weighted by molar-refractivity contribution is -0.615. The molecule has 0 bridgehead atoms. The Morgan fingerprint density at radius 1 is 0.455 bits per heavy atom. The second-order valence-corrected chi connectivity index (χ2v) is 34.3. The van der Waals surface area contributed by atoms with Gasteiger partial charge in [-0.3, -0.25) is 30.7 Å². The van der Waals surface area contributed by atoms with Gasteiger partial charge in [0.1, 0.15) is 35.4 Å². The number of nitrogens with zero attached hydrogens (tertiary/aromatic N) is 22. The molecule has 2 fully saturated rings. The van der Waals surface area contributed by atoms with Crippen LogP contribution >= 0.6 is 0 Å². The van der Waals surface area contributed by atoms with Gasteiger partial charge in [0.05, 0.1) is 48.4 Å². The standard InChI is InChI=1S/C9H11F.C9H14N2O.C9H14N2.2C8H13N3.C8H16N2O.C8H11NO.C7H14N2O.C7H10N2.C7H9N.3C6H8N2.C5H7N3.C5H6N2.CH4/c1-3-8-6-9(10)5-4-7(8)2;1-8-4-5-11(12)9(6-8)7-10(2)3;1-8-4-5-10-9(6-8)7-11(2)3;1-7-4-5-9-8(10-7)6-11(2)3;1-3-5-9-8-10-6-4-7(2)11-8;1-7(9)10-5-3-8(11-2)4-6-10;1-3-8-6-9(10)5-4-7(8)2;1-6(8)9-4-3-7(5-9)10-2;1-6-2-3-9-7(4-6)5-8;1-6-3-4-8-7(2)5-6;1-5-3-4-7-6(2)8-5;2*1-5-2-3-8-6(7)4-5;1-4-2-3-7-5(6)8-4;1-5-2-3-6-4-7-5;/h4-6H,3H2,1-2H3;4-6H,7H2,1-3H3;4-6H,7H2,1-3H3;4-5H,6H2,1-3H3;4,6H,3,5H2,1-2H3,(H,9,10,11);8-9H,3-6H2,1-2H3;4-6H,3H2,1-2H3;7-8H,3-5H2,1-2H3;2-4H,5,8H2,1H3;3-5H,1-2H3;3-4H,1-2H3;2*2-4H,1H3,(H2,7,8);2-3H,1H3,(H2,6,7,8);2-4H,1H3;1H4. The Labute approximate surface area is 853 Å². The molecular formula is C109H166FN29O4. The maximum absolute atomic E-state index is 12.5. The number of halogens is 1. The van der Waals surface area contributed by atoms with E-state index in [2.05, 4.69) is 128 Å². The first-order chi connectivity index (χ1) is 67.4. The summed E-state index contributed by atoms with van der Waals surface area (Å²) in [6, 6.07) is 39.4. The van der Waals surface area contributed by atoms with E-state index in [1.807, 2.05) is 279 Å². The molecule has 13 aromatic rings. The van der Waals surface area contributed by atoms with Gasteiger partial charge in [0.15, 0.2) is 18.6 Å². The van der Waals surface area contributed by atoms with Crippen molar-refractivity contribution in [2.75, 3.05) is 112 Å². The molecule has 12 aromatic heterocycles. The lowest BCUT2D eigenvalue weighted by atomic mass is 10.1. The fourth-order valence-corrected chi connectivity index (χ4v) is 12.3. The quantitative estimate of drug-likeness (QED) is 0.0230. The highest BCUT2D eigenvalue weighted by atomic mass is 19.1. The van der Waals surface area contributed by atoms with E-state index in [0.717, 1.165) is 190 Å². The zero-order chi connectivity index (χ0) is 106. The summed E-state index contributed by atoms with van der Waals surface area (Å²) in [5, 5.41) is 39.8. The minimum atomic E-state index is -0.137. The number of aromatic nitrogens is 17. The number of aryl methyl sites for hydroxylation is 17. The maximum atomic E-state index is 12.5. The number of anilines is 4. The van der Waals surface area contributed by atoms with Crippen molar-refractivity contribution in [3.05, 3.63) is 349 Å². The largest absolute Gasteiger partial charge is 0.619 e. The molecule has 11 N–H and O–H groups in total. The zero-order valence-corrected chi connectivity index (χ0v) is 89.6. The number of methoxy groups -OCH3 is 2. The number of pyridine rings is 7. The van der Waals surface area contributed by atoms with Crippen LogP contribution in [0.15, 0.2) is 214 Å². The summed E-state index contributed by atoms with van der Waals surface area (Å²) in [7, 11) is 15.5. The predicted molar refractivity (Wildman–Crippen MR) is 583 cm³/mol. The van der Waals surface area contributed by atoms with Crippen LogP contribution in [0.3, 0.4) is 0 Å².